The Balaban J connectivity index is 1.63. The summed E-state index contributed by atoms with van der Waals surface area (Å²) in [6.07, 6.45) is 0. The van der Waals surface area contributed by atoms with Crippen molar-refractivity contribution in [2.45, 2.75) is 6.92 Å². The van der Waals surface area contributed by atoms with Crippen molar-refractivity contribution in [3.05, 3.63) is 74.2 Å². The highest BCUT2D eigenvalue weighted by atomic mass is 35.5. The van der Waals surface area contributed by atoms with Crippen molar-refractivity contribution in [1.29, 1.82) is 0 Å². The first-order valence-corrected chi connectivity index (χ1v) is 10.4. The van der Waals surface area contributed by atoms with Gasteiger partial charge >= 0.3 is 0 Å². The van der Waals surface area contributed by atoms with E-state index in [0.29, 0.717) is 48.5 Å². The van der Waals surface area contributed by atoms with E-state index in [1.165, 1.54) is 11.3 Å². The van der Waals surface area contributed by atoms with Gasteiger partial charge in [0.15, 0.2) is 5.13 Å². The van der Waals surface area contributed by atoms with Crippen LogP contribution in [0.25, 0.3) is 22.5 Å². The van der Waals surface area contributed by atoms with Gasteiger partial charge in [-0.3, -0.25) is 10.1 Å². The number of benzene rings is 2. The fourth-order valence-electron chi connectivity index (χ4n) is 2.79. The van der Waals surface area contributed by atoms with Crippen molar-refractivity contribution < 1.29 is 9.32 Å². The molecule has 0 aliphatic heterocycles. The Morgan fingerprint density at radius 3 is 2.62 bits per heavy atom. The molecule has 0 bridgehead atoms. The number of aromatic nitrogens is 2. The monoisotopic (exact) mass is 463 g/mol. The third-order valence-corrected chi connectivity index (χ3v) is 5.79. The lowest BCUT2D eigenvalue weighted by Crippen LogP contribution is -2.13. The van der Waals surface area contributed by atoms with Crippen LogP contribution in [-0.4, -0.2) is 16.0 Å². The first-order valence-electron chi connectivity index (χ1n) is 8.37. The number of nitrogens with zero attached hydrogens (tertiary/aromatic N) is 2. The van der Waals surface area contributed by atoms with Gasteiger partial charge in [0.05, 0.1) is 15.7 Å². The molecule has 0 atom stereocenters. The number of anilines is 1. The van der Waals surface area contributed by atoms with E-state index in [1.54, 1.807) is 48.7 Å². The number of amides is 1. The van der Waals surface area contributed by atoms with Crippen molar-refractivity contribution in [2.24, 2.45) is 0 Å². The summed E-state index contributed by atoms with van der Waals surface area (Å²) in [5.74, 6) is -0.00304. The Bertz CT molecular complexity index is 1220. The van der Waals surface area contributed by atoms with Crippen molar-refractivity contribution in [2.75, 3.05) is 5.32 Å². The number of thiazole rings is 1. The summed E-state index contributed by atoms with van der Waals surface area (Å²) in [6.45, 7) is 1.67. The summed E-state index contributed by atoms with van der Waals surface area (Å²) in [5, 5.41) is 10.5. The van der Waals surface area contributed by atoms with Gasteiger partial charge in [-0.15, -0.1) is 11.3 Å². The average molecular weight is 465 g/mol. The second-order valence-corrected chi connectivity index (χ2v) is 8.17. The van der Waals surface area contributed by atoms with Crippen LogP contribution >= 0.6 is 46.1 Å². The van der Waals surface area contributed by atoms with Gasteiger partial charge in [0, 0.05) is 21.5 Å². The SMILES string of the molecule is Cc1onc(-c2ccccc2Cl)c1C(=O)Nc1nc(-c2ccc(Cl)cc2Cl)cs1. The zero-order chi connectivity index (χ0) is 20.5. The number of carbonyl (C=O) groups excluding carboxylic acids is 1. The van der Waals surface area contributed by atoms with Gasteiger partial charge in [-0.05, 0) is 31.2 Å². The lowest BCUT2D eigenvalue weighted by Gasteiger charge is -2.05. The molecule has 2 aromatic heterocycles. The summed E-state index contributed by atoms with van der Waals surface area (Å²) in [5.41, 5.74) is 2.66. The Morgan fingerprint density at radius 2 is 1.86 bits per heavy atom. The maximum Gasteiger partial charge on any atom is 0.263 e. The van der Waals surface area contributed by atoms with Crippen LogP contribution in [0.5, 0.6) is 0 Å². The second kappa shape index (κ2) is 8.16. The van der Waals surface area contributed by atoms with E-state index >= 15 is 0 Å². The number of rotatable bonds is 4. The number of carbonyl (C=O) groups is 1. The smallest absolute Gasteiger partial charge is 0.263 e. The molecule has 0 aliphatic rings. The van der Waals surface area contributed by atoms with Gasteiger partial charge in [0.25, 0.3) is 5.91 Å². The van der Waals surface area contributed by atoms with Crippen LogP contribution in [-0.2, 0) is 0 Å². The molecule has 0 unspecified atom stereocenters. The van der Waals surface area contributed by atoms with E-state index in [-0.39, 0.29) is 5.91 Å². The van der Waals surface area contributed by atoms with Crippen LogP contribution in [0, 0.1) is 6.92 Å². The van der Waals surface area contributed by atoms with Crippen molar-refractivity contribution in [3.8, 4) is 22.5 Å². The molecule has 0 saturated carbocycles. The Hall–Kier alpha value is -2.38. The standard InChI is InChI=1S/C20H12Cl3N3O2S/c1-10-17(18(26-28-10)13-4-2-3-5-14(13)22)19(27)25-20-24-16(9-29-20)12-7-6-11(21)8-15(12)23/h2-9H,1H3,(H,24,25,27). The van der Waals surface area contributed by atoms with Gasteiger partial charge in [-0.25, -0.2) is 4.98 Å². The first kappa shape index (κ1) is 19.9. The number of aryl methyl sites for hydroxylation is 1. The number of halogens is 3. The minimum absolute atomic E-state index is 0.305. The van der Waals surface area contributed by atoms with Crippen molar-refractivity contribution >= 4 is 57.2 Å². The Labute approximate surface area is 185 Å². The topological polar surface area (TPSA) is 68.0 Å². The fraction of sp³-hybridized carbons (Fsp3) is 0.0500. The van der Waals surface area contributed by atoms with E-state index < -0.39 is 0 Å². The molecule has 1 N–H and O–H groups in total. The Kier molecular flexibility index (Phi) is 5.61. The molecule has 146 valence electrons. The van der Waals surface area contributed by atoms with Crippen LogP contribution < -0.4 is 5.32 Å². The lowest BCUT2D eigenvalue weighted by molar-refractivity contribution is 0.102. The van der Waals surface area contributed by atoms with Gasteiger partial charge in [0.2, 0.25) is 0 Å². The highest BCUT2D eigenvalue weighted by molar-refractivity contribution is 7.14. The lowest BCUT2D eigenvalue weighted by atomic mass is 10.1. The number of nitrogens with one attached hydrogen (secondary N) is 1. The predicted octanol–water partition coefficient (Wildman–Crippen LogP) is 6.99. The third-order valence-electron chi connectivity index (χ3n) is 4.15. The van der Waals surface area contributed by atoms with Crippen LogP contribution in [0.3, 0.4) is 0 Å². The molecule has 0 fully saturated rings. The van der Waals surface area contributed by atoms with Gasteiger partial charge < -0.3 is 4.52 Å². The molecular formula is C20H12Cl3N3O2S. The van der Waals surface area contributed by atoms with Crippen LogP contribution in [0.2, 0.25) is 15.1 Å². The highest BCUT2D eigenvalue weighted by Gasteiger charge is 2.24. The molecule has 29 heavy (non-hydrogen) atoms. The highest BCUT2D eigenvalue weighted by Crippen LogP contribution is 2.34. The summed E-state index contributed by atoms with van der Waals surface area (Å²) in [4.78, 5) is 17.4. The van der Waals surface area contributed by atoms with Crippen molar-refractivity contribution in [1.82, 2.24) is 10.1 Å². The quantitative estimate of drug-likeness (QED) is 0.353. The van der Waals surface area contributed by atoms with Gasteiger partial charge in [0.1, 0.15) is 17.0 Å². The molecular weight excluding hydrogens is 453 g/mol. The zero-order valence-electron chi connectivity index (χ0n) is 14.9. The van der Waals surface area contributed by atoms with Crippen molar-refractivity contribution in [3.63, 3.8) is 0 Å². The van der Waals surface area contributed by atoms with Gasteiger partial charge in [-0.1, -0.05) is 58.2 Å². The molecule has 0 saturated heterocycles. The van der Waals surface area contributed by atoms with Crippen LogP contribution in [0.1, 0.15) is 16.1 Å². The van der Waals surface area contributed by atoms with E-state index in [9.17, 15) is 4.79 Å². The van der Waals surface area contributed by atoms with Crippen LogP contribution in [0.4, 0.5) is 5.13 Å². The number of hydrogen-bond acceptors (Lipinski definition) is 5. The van der Waals surface area contributed by atoms with E-state index in [4.69, 9.17) is 39.3 Å². The molecule has 2 aromatic carbocycles. The zero-order valence-corrected chi connectivity index (χ0v) is 18.0. The molecule has 2 heterocycles. The molecule has 9 heteroatoms. The molecule has 0 radical (unpaired) electrons. The molecule has 4 aromatic rings. The predicted molar refractivity (Wildman–Crippen MR) is 117 cm³/mol. The second-order valence-electron chi connectivity index (χ2n) is 6.06. The van der Waals surface area contributed by atoms with E-state index in [1.807, 2.05) is 6.07 Å². The normalized spacial score (nSPS) is 10.9. The maximum absolute atomic E-state index is 12.9. The molecule has 0 aliphatic carbocycles. The largest absolute Gasteiger partial charge is 0.360 e. The maximum atomic E-state index is 12.9. The number of hydrogen-bond donors (Lipinski definition) is 1. The molecule has 4 rings (SSSR count). The van der Waals surface area contributed by atoms with E-state index in [0.717, 1.165) is 5.56 Å². The molecule has 1 amide bonds. The summed E-state index contributed by atoms with van der Waals surface area (Å²) in [7, 11) is 0. The summed E-state index contributed by atoms with van der Waals surface area (Å²) >= 11 is 19.7. The molecule has 5 nitrogen and oxygen atoms in total. The minimum atomic E-state index is -0.387. The minimum Gasteiger partial charge on any atom is -0.360 e. The first-order chi connectivity index (χ1) is 13.9. The summed E-state index contributed by atoms with van der Waals surface area (Å²) in [6, 6.07) is 12.3. The Morgan fingerprint density at radius 1 is 1.07 bits per heavy atom. The average Bonchev–Trinajstić information content (AvgIpc) is 3.29. The molecule has 0 spiro atoms. The van der Waals surface area contributed by atoms with E-state index in [2.05, 4.69) is 15.5 Å². The van der Waals surface area contributed by atoms with Gasteiger partial charge in [-0.2, -0.15) is 0 Å². The van der Waals surface area contributed by atoms with Crippen LogP contribution in [0.15, 0.2) is 52.4 Å². The fourth-order valence-corrected chi connectivity index (χ4v) is 4.22. The third kappa shape index (κ3) is 4.02. The summed E-state index contributed by atoms with van der Waals surface area (Å²) < 4.78 is 5.25.